The molecule has 0 nitrogen and oxygen atoms in total. The number of rotatable bonds is 0. The van der Waals surface area contributed by atoms with Gasteiger partial charge in [0, 0.05) is 0 Å². The van der Waals surface area contributed by atoms with Crippen molar-refractivity contribution in [2.75, 3.05) is 0 Å². The van der Waals surface area contributed by atoms with Gasteiger partial charge in [-0.05, 0) is 0 Å². The van der Waals surface area contributed by atoms with Crippen molar-refractivity contribution in [1.29, 1.82) is 0 Å². The summed E-state index contributed by atoms with van der Waals surface area (Å²) >= 11 is 11.1. The van der Waals surface area contributed by atoms with Gasteiger partial charge in [-0.3, -0.25) is 0 Å². The fraction of sp³-hybridized carbons (Fsp3) is 0. The summed E-state index contributed by atoms with van der Waals surface area (Å²) < 4.78 is 0. The van der Waals surface area contributed by atoms with E-state index in [1.54, 1.807) is 18.2 Å². The van der Waals surface area contributed by atoms with Crippen LogP contribution in [0.4, 0.5) is 0 Å². The Kier molecular flexibility index (Phi) is 8.82. The molecule has 0 bridgehead atoms. The van der Waals surface area contributed by atoms with Crippen LogP contribution in [-0.2, 0) is 0 Å². The Morgan fingerprint density at radius 1 is 1.20 bits per heavy atom. The average molecular weight is 206 g/mol. The molecule has 0 unspecified atom stereocenters. The van der Waals surface area contributed by atoms with Crippen LogP contribution in [0.2, 0.25) is 10.0 Å². The summed E-state index contributed by atoms with van der Waals surface area (Å²) in [5.41, 5.74) is 0. The molecule has 0 radical (unpaired) electrons. The zero-order chi connectivity index (χ0) is 5.98. The van der Waals surface area contributed by atoms with Gasteiger partial charge >= 0.3 is 23.1 Å². The molecule has 0 aromatic heterocycles. The minimum atomic E-state index is 0. The quantitative estimate of drug-likeness (QED) is 0.393. The minimum absolute atomic E-state index is 0. The first kappa shape index (κ1) is 13.4. The fourth-order valence-corrected chi connectivity index (χ4v) is 0.635. The van der Waals surface area contributed by atoms with Gasteiger partial charge in [0.05, 0.1) is 0 Å². The summed E-state index contributed by atoms with van der Waals surface area (Å²) in [6, 6.07) is 7.83. The molecule has 0 N–H and O–H groups in total. The zero-order valence-corrected chi connectivity index (χ0v) is 8.76. The van der Waals surface area contributed by atoms with Crippen molar-refractivity contribution in [1.82, 2.24) is 0 Å². The van der Waals surface area contributed by atoms with Crippen LogP contribution in [0.5, 0.6) is 0 Å². The van der Waals surface area contributed by atoms with Crippen LogP contribution in [-0.4, -0.2) is 23.1 Å². The zero-order valence-electron chi connectivity index (χ0n) is 5.07. The smallest absolute Gasteiger partial charge is 1.00 e. The van der Waals surface area contributed by atoms with Crippen LogP contribution in [0.1, 0.15) is 0 Å². The van der Waals surface area contributed by atoms with Crippen LogP contribution in [0.15, 0.2) is 18.2 Å². The maximum atomic E-state index is 5.56. The molecule has 0 fully saturated rings. The van der Waals surface area contributed by atoms with Crippen LogP contribution >= 0.6 is 23.2 Å². The molecule has 1 rings (SSSR count). The summed E-state index contributed by atoms with van der Waals surface area (Å²) in [4.78, 5) is 0. The van der Waals surface area contributed by atoms with Crippen LogP contribution in [0.25, 0.3) is 0 Å². The number of hydrogen-bond acceptors (Lipinski definition) is 0. The Morgan fingerprint density at radius 2 is 1.80 bits per heavy atom. The second-order valence-electron chi connectivity index (χ2n) is 1.34. The van der Waals surface area contributed by atoms with Crippen molar-refractivity contribution in [2.24, 2.45) is 0 Å². The van der Waals surface area contributed by atoms with E-state index in [-0.39, 0.29) is 35.5 Å². The third-order valence-corrected chi connectivity index (χ3v) is 1.50. The monoisotopic (exact) mass is 204 g/mol. The van der Waals surface area contributed by atoms with Crippen molar-refractivity contribution < 1.29 is 12.4 Å². The molecular formula is C6H3Cl3Mg. The van der Waals surface area contributed by atoms with E-state index < -0.39 is 0 Å². The minimum Gasteiger partial charge on any atom is -1.00 e. The Hall–Kier alpha value is 0.856. The first-order valence-electron chi connectivity index (χ1n) is 2.12. The van der Waals surface area contributed by atoms with Crippen molar-refractivity contribution in [3.05, 3.63) is 34.3 Å². The number of hydrogen-bond donors (Lipinski definition) is 0. The van der Waals surface area contributed by atoms with Crippen molar-refractivity contribution in [3.8, 4) is 0 Å². The maximum absolute atomic E-state index is 5.56. The molecule has 50 valence electrons. The summed E-state index contributed by atoms with van der Waals surface area (Å²) in [7, 11) is 0. The summed E-state index contributed by atoms with van der Waals surface area (Å²) in [6.07, 6.45) is 0. The molecule has 1 aromatic carbocycles. The molecule has 0 amide bonds. The number of halogens is 3. The fourth-order valence-electron chi connectivity index (χ4n) is 0.391. The SMILES string of the molecule is Clc1c[c-]ccc1Cl.[Cl-].[Mg+2]. The molecule has 10 heavy (non-hydrogen) atoms. The summed E-state index contributed by atoms with van der Waals surface area (Å²) in [6.45, 7) is 0. The van der Waals surface area contributed by atoms with Crippen molar-refractivity contribution in [3.63, 3.8) is 0 Å². The van der Waals surface area contributed by atoms with E-state index in [0.29, 0.717) is 10.0 Å². The first-order valence-corrected chi connectivity index (χ1v) is 2.87. The molecule has 0 aliphatic heterocycles. The molecule has 0 saturated heterocycles. The van der Waals surface area contributed by atoms with Gasteiger partial charge < -0.3 is 12.4 Å². The molecule has 0 atom stereocenters. The molecule has 0 spiro atoms. The van der Waals surface area contributed by atoms with Gasteiger partial charge in [0.1, 0.15) is 0 Å². The van der Waals surface area contributed by atoms with E-state index >= 15 is 0 Å². The predicted molar refractivity (Wildman–Crippen MR) is 41.1 cm³/mol. The normalized spacial score (nSPS) is 7.40. The van der Waals surface area contributed by atoms with Crippen molar-refractivity contribution >= 4 is 46.3 Å². The van der Waals surface area contributed by atoms with E-state index in [1.165, 1.54) is 0 Å². The summed E-state index contributed by atoms with van der Waals surface area (Å²) in [5, 5.41) is 1.12. The van der Waals surface area contributed by atoms with Gasteiger partial charge in [-0.1, -0.05) is 10.0 Å². The first-order chi connectivity index (χ1) is 3.80. The topological polar surface area (TPSA) is 0 Å². The molecule has 0 aliphatic rings. The third kappa shape index (κ3) is 3.89. The molecule has 0 aliphatic carbocycles. The maximum Gasteiger partial charge on any atom is 2.00 e. The van der Waals surface area contributed by atoms with Gasteiger partial charge in [0.15, 0.2) is 0 Å². The molecule has 4 heteroatoms. The standard InChI is InChI=1S/C6H3Cl2.ClH.Mg/c7-5-3-1-2-4-6(5)8;;/h1,3-4H;1H;/q-1;;+2/p-1. The predicted octanol–water partition coefficient (Wildman–Crippen LogP) is -0.583. The summed E-state index contributed by atoms with van der Waals surface area (Å²) in [5.74, 6) is 0. The second-order valence-corrected chi connectivity index (χ2v) is 2.15. The Bertz CT molecular complexity index is 169. The van der Waals surface area contributed by atoms with E-state index in [9.17, 15) is 0 Å². The second kappa shape index (κ2) is 6.56. The van der Waals surface area contributed by atoms with Crippen LogP contribution < -0.4 is 12.4 Å². The average Bonchev–Trinajstić information content (AvgIpc) is 1.77. The van der Waals surface area contributed by atoms with Gasteiger partial charge in [0.25, 0.3) is 0 Å². The van der Waals surface area contributed by atoms with Gasteiger partial charge in [-0.15, -0.1) is 11.6 Å². The van der Waals surface area contributed by atoms with E-state index in [0.717, 1.165) is 0 Å². The van der Waals surface area contributed by atoms with E-state index in [1.807, 2.05) is 0 Å². The van der Waals surface area contributed by atoms with Crippen LogP contribution in [0, 0.1) is 6.07 Å². The van der Waals surface area contributed by atoms with E-state index in [2.05, 4.69) is 6.07 Å². The third-order valence-electron chi connectivity index (χ3n) is 0.764. The molecule has 1 aromatic rings. The van der Waals surface area contributed by atoms with Gasteiger partial charge in [-0.2, -0.15) is 35.9 Å². The molecule has 0 heterocycles. The van der Waals surface area contributed by atoms with Gasteiger partial charge in [-0.25, -0.2) is 0 Å². The number of benzene rings is 1. The Morgan fingerprint density at radius 3 is 2.10 bits per heavy atom. The van der Waals surface area contributed by atoms with Gasteiger partial charge in [0.2, 0.25) is 0 Å². The molecular weight excluding hydrogens is 203 g/mol. The van der Waals surface area contributed by atoms with Crippen LogP contribution in [0.3, 0.4) is 0 Å². The van der Waals surface area contributed by atoms with Crippen molar-refractivity contribution in [2.45, 2.75) is 0 Å². The Labute approximate surface area is 92.5 Å². The molecule has 0 saturated carbocycles. The Balaban J connectivity index is 0. The largest absolute Gasteiger partial charge is 2.00 e. The van der Waals surface area contributed by atoms with E-state index in [4.69, 9.17) is 23.2 Å².